The lowest BCUT2D eigenvalue weighted by atomic mass is 10.2. The zero-order valence-corrected chi connectivity index (χ0v) is 10.7. The topological polar surface area (TPSA) is 38.8 Å². The maximum atomic E-state index is 11.8. The van der Waals surface area contributed by atoms with Gasteiger partial charge in [-0.1, -0.05) is 17.7 Å². The molecular weight excluding hydrogens is 230 g/mol. The molecule has 0 aromatic heterocycles. The summed E-state index contributed by atoms with van der Waals surface area (Å²) in [5.41, 5.74) is 1.19. The molecule has 0 saturated carbocycles. The van der Waals surface area contributed by atoms with Gasteiger partial charge in [0, 0.05) is 6.54 Å². The zero-order valence-electron chi connectivity index (χ0n) is 10.7. The lowest BCUT2D eigenvalue weighted by Crippen LogP contribution is -2.36. The summed E-state index contributed by atoms with van der Waals surface area (Å²) in [4.78, 5) is 17.0. The number of hydrogen-bond donors (Lipinski definition) is 0. The predicted octanol–water partition coefficient (Wildman–Crippen LogP) is 2.32. The Kier molecular flexibility index (Phi) is 4.59. The van der Waals surface area contributed by atoms with E-state index in [1.165, 1.54) is 10.6 Å². The van der Waals surface area contributed by atoms with Gasteiger partial charge in [-0.15, -0.1) is 0 Å². The molecule has 1 amide bonds. The molecule has 98 valence electrons. The molecule has 1 heterocycles. The number of carbonyl (C=O) groups excluding carboxylic acids is 1. The second-order valence-electron chi connectivity index (χ2n) is 4.45. The molecule has 0 radical (unpaired) electrons. The Hall–Kier alpha value is -1.55. The van der Waals surface area contributed by atoms with Crippen LogP contribution in [0.25, 0.3) is 0 Å². The summed E-state index contributed by atoms with van der Waals surface area (Å²) in [7, 11) is 0. The number of nitrogens with zero attached hydrogens (tertiary/aromatic N) is 1. The third-order valence-corrected chi connectivity index (χ3v) is 2.89. The molecule has 1 aliphatic rings. The average molecular weight is 249 g/mol. The Morgan fingerprint density at radius 1 is 1.33 bits per heavy atom. The molecule has 0 bridgehead atoms. The third kappa shape index (κ3) is 3.74. The Bertz CT molecular complexity index is 383. The van der Waals surface area contributed by atoms with Crippen LogP contribution < -0.4 is 4.74 Å². The molecule has 2 rings (SSSR count). The first-order valence-corrected chi connectivity index (χ1v) is 6.38. The van der Waals surface area contributed by atoms with Crippen LogP contribution in [0.1, 0.15) is 24.8 Å². The molecule has 0 unspecified atom stereocenters. The average Bonchev–Trinajstić information content (AvgIpc) is 2.42. The van der Waals surface area contributed by atoms with E-state index in [0.29, 0.717) is 26.2 Å². The largest absolute Gasteiger partial charge is 0.493 e. The minimum atomic E-state index is 0.00168. The highest BCUT2D eigenvalue weighted by molar-refractivity contribution is 5.75. The standard InChI is InChI=1S/C14H19NO3/c1-12-4-6-13(7-5-12)17-11-8-14(16)15-9-2-3-10-18-15/h4-7H,2-3,8-11H2,1H3. The van der Waals surface area contributed by atoms with E-state index in [1.807, 2.05) is 31.2 Å². The molecule has 1 aromatic rings. The van der Waals surface area contributed by atoms with Gasteiger partial charge in [-0.3, -0.25) is 9.63 Å². The molecule has 0 N–H and O–H groups in total. The lowest BCUT2D eigenvalue weighted by molar-refractivity contribution is -0.197. The van der Waals surface area contributed by atoms with Crippen LogP contribution in [-0.4, -0.2) is 30.7 Å². The molecule has 4 nitrogen and oxygen atoms in total. The molecule has 1 aliphatic heterocycles. The summed E-state index contributed by atoms with van der Waals surface area (Å²) >= 11 is 0. The second kappa shape index (κ2) is 6.40. The van der Waals surface area contributed by atoms with Crippen molar-refractivity contribution in [3.05, 3.63) is 29.8 Å². The van der Waals surface area contributed by atoms with Gasteiger partial charge in [0.15, 0.2) is 0 Å². The van der Waals surface area contributed by atoms with Crippen LogP contribution in [0.4, 0.5) is 0 Å². The molecule has 0 spiro atoms. The van der Waals surface area contributed by atoms with Crippen LogP contribution >= 0.6 is 0 Å². The first-order chi connectivity index (χ1) is 8.75. The number of hydroxylamine groups is 2. The van der Waals surface area contributed by atoms with Gasteiger partial charge in [-0.25, -0.2) is 5.06 Å². The quantitative estimate of drug-likeness (QED) is 0.822. The van der Waals surface area contributed by atoms with Crippen LogP contribution in [0, 0.1) is 6.92 Å². The van der Waals surface area contributed by atoms with Crippen molar-refractivity contribution in [1.82, 2.24) is 5.06 Å². The maximum absolute atomic E-state index is 11.8. The smallest absolute Gasteiger partial charge is 0.249 e. The Labute approximate surface area is 107 Å². The van der Waals surface area contributed by atoms with E-state index < -0.39 is 0 Å². The third-order valence-electron chi connectivity index (χ3n) is 2.89. The van der Waals surface area contributed by atoms with E-state index in [-0.39, 0.29) is 5.91 Å². The van der Waals surface area contributed by atoms with Crippen molar-refractivity contribution >= 4 is 5.91 Å². The van der Waals surface area contributed by atoms with Crippen molar-refractivity contribution in [2.45, 2.75) is 26.2 Å². The van der Waals surface area contributed by atoms with Crippen LogP contribution in [-0.2, 0) is 9.63 Å². The number of ether oxygens (including phenoxy) is 1. The maximum Gasteiger partial charge on any atom is 0.249 e. The second-order valence-corrected chi connectivity index (χ2v) is 4.45. The normalized spacial score (nSPS) is 15.5. The Morgan fingerprint density at radius 3 is 2.78 bits per heavy atom. The highest BCUT2D eigenvalue weighted by Crippen LogP contribution is 2.12. The number of aryl methyl sites for hydroxylation is 1. The first-order valence-electron chi connectivity index (χ1n) is 6.38. The monoisotopic (exact) mass is 249 g/mol. The fourth-order valence-corrected chi connectivity index (χ4v) is 1.81. The number of benzene rings is 1. The molecule has 4 heteroatoms. The van der Waals surface area contributed by atoms with Gasteiger partial charge >= 0.3 is 0 Å². The fraction of sp³-hybridized carbons (Fsp3) is 0.500. The predicted molar refractivity (Wildman–Crippen MR) is 68.2 cm³/mol. The van der Waals surface area contributed by atoms with Crippen molar-refractivity contribution in [3.63, 3.8) is 0 Å². The minimum Gasteiger partial charge on any atom is -0.493 e. The van der Waals surface area contributed by atoms with Gasteiger partial charge in [0.1, 0.15) is 5.75 Å². The van der Waals surface area contributed by atoms with Gasteiger partial charge in [0.05, 0.1) is 19.6 Å². The Balaban J connectivity index is 1.71. The van der Waals surface area contributed by atoms with Crippen LogP contribution in [0.5, 0.6) is 5.75 Å². The number of hydrogen-bond acceptors (Lipinski definition) is 3. The highest BCUT2D eigenvalue weighted by atomic mass is 16.7. The van der Waals surface area contributed by atoms with E-state index in [1.54, 1.807) is 0 Å². The van der Waals surface area contributed by atoms with Crippen molar-refractivity contribution in [1.29, 1.82) is 0 Å². The summed E-state index contributed by atoms with van der Waals surface area (Å²) in [6.07, 6.45) is 2.40. The molecular formula is C14H19NO3. The summed E-state index contributed by atoms with van der Waals surface area (Å²) in [5, 5.41) is 1.46. The molecule has 0 atom stereocenters. The molecule has 0 aliphatic carbocycles. The first kappa shape index (κ1) is 12.9. The number of carbonyl (C=O) groups is 1. The van der Waals surface area contributed by atoms with Crippen molar-refractivity contribution in [3.8, 4) is 5.75 Å². The van der Waals surface area contributed by atoms with Crippen molar-refractivity contribution < 1.29 is 14.4 Å². The van der Waals surface area contributed by atoms with Crippen LogP contribution in [0.3, 0.4) is 0 Å². The SMILES string of the molecule is Cc1ccc(OCCC(=O)N2CCCCO2)cc1. The summed E-state index contributed by atoms with van der Waals surface area (Å²) in [5.74, 6) is 0.801. The fourth-order valence-electron chi connectivity index (χ4n) is 1.81. The van der Waals surface area contributed by atoms with Crippen molar-refractivity contribution in [2.75, 3.05) is 19.8 Å². The molecule has 1 aromatic carbocycles. The molecule has 18 heavy (non-hydrogen) atoms. The van der Waals surface area contributed by atoms with Gasteiger partial charge in [0.2, 0.25) is 5.91 Å². The number of rotatable bonds is 4. The Morgan fingerprint density at radius 2 is 2.11 bits per heavy atom. The zero-order chi connectivity index (χ0) is 12.8. The minimum absolute atomic E-state index is 0.00168. The van der Waals surface area contributed by atoms with E-state index in [2.05, 4.69) is 0 Å². The summed E-state index contributed by atoms with van der Waals surface area (Å²) in [6.45, 7) is 3.76. The van der Waals surface area contributed by atoms with Gasteiger partial charge in [-0.2, -0.15) is 0 Å². The van der Waals surface area contributed by atoms with E-state index in [4.69, 9.17) is 9.57 Å². The van der Waals surface area contributed by atoms with Crippen LogP contribution in [0.15, 0.2) is 24.3 Å². The molecule has 1 saturated heterocycles. The lowest BCUT2D eigenvalue weighted by Gasteiger charge is -2.25. The van der Waals surface area contributed by atoms with E-state index in [0.717, 1.165) is 18.6 Å². The van der Waals surface area contributed by atoms with Gasteiger partial charge in [0.25, 0.3) is 0 Å². The van der Waals surface area contributed by atoms with Gasteiger partial charge < -0.3 is 4.74 Å². The van der Waals surface area contributed by atoms with Gasteiger partial charge in [-0.05, 0) is 31.9 Å². The highest BCUT2D eigenvalue weighted by Gasteiger charge is 2.17. The number of amides is 1. The van der Waals surface area contributed by atoms with Crippen LogP contribution in [0.2, 0.25) is 0 Å². The molecule has 1 fully saturated rings. The summed E-state index contributed by atoms with van der Waals surface area (Å²) in [6, 6.07) is 7.81. The van der Waals surface area contributed by atoms with Crippen molar-refractivity contribution in [2.24, 2.45) is 0 Å². The van der Waals surface area contributed by atoms with E-state index in [9.17, 15) is 4.79 Å². The van der Waals surface area contributed by atoms with E-state index >= 15 is 0 Å². The summed E-state index contributed by atoms with van der Waals surface area (Å²) < 4.78 is 5.52.